The predicted octanol–water partition coefficient (Wildman–Crippen LogP) is 5.24. The third-order valence-corrected chi connectivity index (χ3v) is 5.12. The van der Waals surface area contributed by atoms with Crippen molar-refractivity contribution >= 4 is 16.9 Å². The lowest BCUT2D eigenvalue weighted by Gasteiger charge is -2.13. The quantitative estimate of drug-likeness (QED) is 0.398. The highest BCUT2D eigenvalue weighted by molar-refractivity contribution is 5.93. The van der Waals surface area contributed by atoms with Crippen molar-refractivity contribution in [2.45, 2.75) is 26.5 Å². The highest BCUT2D eigenvalue weighted by atomic mass is 16.5. The molecule has 0 amide bonds. The van der Waals surface area contributed by atoms with Crippen LogP contribution in [0.25, 0.3) is 22.1 Å². The Labute approximate surface area is 181 Å². The van der Waals surface area contributed by atoms with E-state index in [1.54, 1.807) is 13.2 Å². The number of carbonyl (C=O) groups is 1. The van der Waals surface area contributed by atoms with Gasteiger partial charge in [-0.15, -0.1) is 0 Å². The van der Waals surface area contributed by atoms with E-state index in [1.807, 2.05) is 42.5 Å². The van der Waals surface area contributed by atoms with Crippen LogP contribution in [0.5, 0.6) is 5.75 Å². The molecule has 1 heterocycles. The van der Waals surface area contributed by atoms with Gasteiger partial charge in [-0.2, -0.15) is 0 Å². The highest BCUT2D eigenvalue weighted by Crippen LogP contribution is 2.32. The van der Waals surface area contributed by atoms with Crippen LogP contribution < -0.4 is 10.5 Å². The van der Waals surface area contributed by atoms with Crippen molar-refractivity contribution in [3.05, 3.63) is 89.7 Å². The Morgan fingerprint density at radius 2 is 1.81 bits per heavy atom. The minimum absolute atomic E-state index is 0.184. The van der Waals surface area contributed by atoms with Gasteiger partial charge >= 0.3 is 5.97 Å². The van der Waals surface area contributed by atoms with Crippen molar-refractivity contribution < 1.29 is 18.7 Å². The highest BCUT2D eigenvalue weighted by Gasteiger charge is 2.12. The minimum atomic E-state index is -0.262. The van der Waals surface area contributed by atoms with E-state index in [4.69, 9.17) is 19.6 Å². The molecule has 4 aromatic rings. The fourth-order valence-corrected chi connectivity index (χ4v) is 3.58. The van der Waals surface area contributed by atoms with E-state index >= 15 is 0 Å². The Kier molecular flexibility index (Phi) is 6.34. The topological polar surface area (TPSA) is 74.7 Å². The number of hydrogen-bond acceptors (Lipinski definition) is 5. The van der Waals surface area contributed by atoms with Gasteiger partial charge in [0.25, 0.3) is 0 Å². The van der Waals surface area contributed by atoms with Crippen LogP contribution in [-0.4, -0.2) is 12.6 Å². The van der Waals surface area contributed by atoms with Gasteiger partial charge < -0.3 is 19.6 Å². The lowest BCUT2D eigenvalue weighted by Crippen LogP contribution is -2.09. The lowest BCUT2D eigenvalue weighted by atomic mass is 9.99. The molecule has 0 atom stereocenters. The summed E-state index contributed by atoms with van der Waals surface area (Å²) >= 11 is 0. The fraction of sp³-hybridized carbons (Fsp3) is 0.192. The Morgan fingerprint density at radius 1 is 1.00 bits per heavy atom. The second kappa shape index (κ2) is 9.49. The fourth-order valence-electron chi connectivity index (χ4n) is 3.58. The summed E-state index contributed by atoms with van der Waals surface area (Å²) in [5.74, 6) is 0.415. The monoisotopic (exact) mass is 415 g/mol. The first kappa shape index (κ1) is 20.7. The van der Waals surface area contributed by atoms with Gasteiger partial charge in [0.15, 0.2) is 0 Å². The van der Waals surface area contributed by atoms with E-state index in [0.29, 0.717) is 25.5 Å². The molecule has 0 aliphatic carbocycles. The molecule has 0 radical (unpaired) electrons. The maximum Gasteiger partial charge on any atom is 0.310 e. The number of hydrogen-bond donors (Lipinski definition) is 1. The van der Waals surface area contributed by atoms with Gasteiger partial charge in [0.2, 0.25) is 0 Å². The first-order valence-corrected chi connectivity index (χ1v) is 10.3. The van der Waals surface area contributed by atoms with E-state index in [2.05, 4.69) is 24.3 Å². The summed E-state index contributed by atoms with van der Waals surface area (Å²) in [5.41, 5.74) is 11.5. The van der Waals surface area contributed by atoms with Crippen LogP contribution in [0.4, 0.5) is 0 Å². The second-order valence-electron chi connectivity index (χ2n) is 7.26. The maximum atomic E-state index is 11.9. The molecule has 0 bridgehead atoms. The zero-order valence-corrected chi connectivity index (χ0v) is 17.5. The van der Waals surface area contributed by atoms with Crippen molar-refractivity contribution in [2.75, 3.05) is 6.61 Å². The number of benzene rings is 3. The molecule has 0 fully saturated rings. The van der Waals surface area contributed by atoms with E-state index in [1.165, 1.54) is 0 Å². The Balaban J connectivity index is 1.59. The summed E-state index contributed by atoms with van der Waals surface area (Å²) in [4.78, 5) is 11.9. The molecule has 1 aromatic heterocycles. The van der Waals surface area contributed by atoms with Crippen LogP contribution in [0.15, 0.2) is 77.4 Å². The number of para-hydroxylation sites is 1. The number of rotatable bonds is 8. The second-order valence-corrected chi connectivity index (χ2v) is 7.26. The number of furan rings is 1. The van der Waals surface area contributed by atoms with E-state index in [-0.39, 0.29) is 12.4 Å². The first-order valence-electron chi connectivity index (χ1n) is 10.3. The van der Waals surface area contributed by atoms with Crippen molar-refractivity contribution in [2.24, 2.45) is 5.73 Å². The molecule has 0 aliphatic heterocycles. The summed E-state index contributed by atoms with van der Waals surface area (Å²) in [7, 11) is 0. The lowest BCUT2D eigenvalue weighted by molar-refractivity contribution is -0.142. The van der Waals surface area contributed by atoms with Gasteiger partial charge in [0.05, 0.1) is 19.3 Å². The zero-order valence-electron chi connectivity index (χ0n) is 17.5. The van der Waals surface area contributed by atoms with Crippen LogP contribution in [0, 0.1) is 0 Å². The molecular formula is C26H25NO4. The average Bonchev–Trinajstić information content (AvgIpc) is 3.27. The minimum Gasteiger partial charge on any atom is -0.489 e. The molecule has 31 heavy (non-hydrogen) atoms. The predicted molar refractivity (Wildman–Crippen MR) is 121 cm³/mol. The number of carbonyl (C=O) groups excluding carboxylic acids is 1. The van der Waals surface area contributed by atoms with Crippen LogP contribution in [0.3, 0.4) is 0 Å². The summed E-state index contributed by atoms with van der Waals surface area (Å²) in [6, 6.07) is 21.8. The van der Waals surface area contributed by atoms with Crippen LogP contribution in [0.2, 0.25) is 0 Å². The van der Waals surface area contributed by atoms with Gasteiger partial charge in [0, 0.05) is 23.1 Å². The third-order valence-electron chi connectivity index (χ3n) is 5.12. The number of ether oxygens (including phenoxy) is 2. The Morgan fingerprint density at radius 3 is 2.58 bits per heavy atom. The van der Waals surface area contributed by atoms with Crippen molar-refractivity contribution in [3.63, 3.8) is 0 Å². The SMILES string of the molecule is CCOC(=O)Cc1ccccc1OCc1cc(-c2ccc(CN)cc2)c2occc2c1. The van der Waals surface area contributed by atoms with E-state index in [9.17, 15) is 4.79 Å². The smallest absolute Gasteiger partial charge is 0.310 e. The van der Waals surface area contributed by atoms with Gasteiger partial charge in [-0.1, -0.05) is 42.5 Å². The molecule has 0 unspecified atom stereocenters. The average molecular weight is 415 g/mol. The molecule has 2 N–H and O–H groups in total. The van der Waals surface area contributed by atoms with Crippen molar-refractivity contribution in [1.29, 1.82) is 0 Å². The molecule has 4 rings (SSSR count). The normalized spacial score (nSPS) is 10.9. The van der Waals surface area contributed by atoms with Crippen LogP contribution in [-0.2, 0) is 29.1 Å². The third kappa shape index (κ3) is 4.78. The summed E-state index contributed by atoms with van der Waals surface area (Å²) in [6.07, 6.45) is 1.88. The van der Waals surface area contributed by atoms with Crippen LogP contribution >= 0.6 is 0 Å². The maximum absolute atomic E-state index is 11.9. The summed E-state index contributed by atoms with van der Waals surface area (Å²) in [6.45, 7) is 3.04. The van der Waals surface area contributed by atoms with Crippen LogP contribution in [0.1, 0.15) is 23.6 Å². The van der Waals surface area contributed by atoms with Gasteiger partial charge in [-0.3, -0.25) is 4.79 Å². The molecule has 5 nitrogen and oxygen atoms in total. The molecular weight excluding hydrogens is 390 g/mol. The molecule has 0 saturated carbocycles. The standard InChI is InChI=1S/C26H25NO4/c1-2-29-25(28)15-21-5-3-4-6-24(21)31-17-19-13-22-11-12-30-26(22)23(14-19)20-9-7-18(16-27)8-10-20/h3-14H,2,15-17,27H2,1H3. The van der Waals surface area contributed by atoms with E-state index in [0.717, 1.165) is 38.8 Å². The molecule has 0 spiro atoms. The van der Waals surface area contributed by atoms with Gasteiger partial charge in [-0.25, -0.2) is 0 Å². The number of fused-ring (bicyclic) bond motifs is 1. The molecule has 5 heteroatoms. The Bertz CT molecular complexity index is 1180. The molecule has 0 saturated heterocycles. The zero-order chi connectivity index (χ0) is 21.6. The molecule has 3 aromatic carbocycles. The molecule has 158 valence electrons. The summed E-state index contributed by atoms with van der Waals surface area (Å²) in [5, 5.41) is 1.01. The van der Waals surface area contributed by atoms with Gasteiger partial charge in [-0.05, 0) is 47.9 Å². The first-order chi connectivity index (χ1) is 15.2. The van der Waals surface area contributed by atoms with Crippen molar-refractivity contribution in [1.82, 2.24) is 0 Å². The van der Waals surface area contributed by atoms with Gasteiger partial charge in [0.1, 0.15) is 17.9 Å². The Hall–Kier alpha value is -3.57. The number of esters is 1. The molecule has 0 aliphatic rings. The largest absolute Gasteiger partial charge is 0.489 e. The summed E-state index contributed by atoms with van der Waals surface area (Å²) < 4.78 is 16.9. The van der Waals surface area contributed by atoms with Crippen molar-refractivity contribution in [3.8, 4) is 16.9 Å². The number of nitrogens with two attached hydrogens (primary N) is 1. The van der Waals surface area contributed by atoms with E-state index < -0.39 is 0 Å².